The summed E-state index contributed by atoms with van der Waals surface area (Å²) in [6.45, 7) is 4.79. The number of carbonyl (C=O) groups is 2. The van der Waals surface area contributed by atoms with Gasteiger partial charge in [0.05, 0.1) is 30.4 Å². The fraction of sp³-hybridized carbons (Fsp3) is 0.500. The Labute approximate surface area is 227 Å². The second kappa shape index (κ2) is 10.5. The van der Waals surface area contributed by atoms with E-state index in [1.54, 1.807) is 20.8 Å². The largest absolute Gasteiger partial charge is 0.444 e. The first-order chi connectivity index (χ1) is 18.7. The summed E-state index contributed by atoms with van der Waals surface area (Å²) in [5, 5.41) is 20.5. The van der Waals surface area contributed by atoms with Crippen molar-refractivity contribution in [2.75, 3.05) is 13.1 Å². The number of hydrogen-bond donors (Lipinski definition) is 2. The highest BCUT2D eigenvalue weighted by molar-refractivity contribution is 6.12. The number of dihydropyridines is 1. The van der Waals surface area contributed by atoms with Crippen molar-refractivity contribution in [3.63, 3.8) is 0 Å². The number of fused-ring (bicyclic) bond motifs is 1. The number of ether oxygens (including phenoxy) is 1. The predicted molar refractivity (Wildman–Crippen MR) is 135 cm³/mol. The summed E-state index contributed by atoms with van der Waals surface area (Å²) in [6.07, 6.45) is -7.47. The molecule has 2 fully saturated rings. The number of hydrogen-bond acceptors (Lipinski definition) is 7. The second-order valence-electron chi connectivity index (χ2n) is 10.7. The maximum Gasteiger partial charge on any atom is 0.418 e. The van der Waals surface area contributed by atoms with Gasteiger partial charge in [-0.1, -0.05) is 12.1 Å². The topological polar surface area (TPSA) is 131 Å². The molecule has 2 N–H and O–H groups in total. The lowest BCUT2D eigenvalue weighted by Crippen LogP contribution is -2.65. The molecule has 1 aromatic rings. The number of amidine groups is 1. The van der Waals surface area contributed by atoms with Crippen molar-refractivity contribution in [3.05, 3.63) is 41.6 Å². The third kappa shape index (κ3) is 5.65. The molecule has 0 bridgehead atoms. The van der Waals surface area contributed by atoms with Crippen molar-refractivity contribution in [2.24, 2.45) is 15.9 Å². The zero-order valence-electron chi connectivity index (χ0n) is 21.9. The number of carbonyl (C=O) groups excluding carboxylic acids is 2. The second-order valence-corrected chi connectivity index (χ2v) is 10.7. The fourth-order valence-corrected chi connectivity index (χ4v) is 4.81. The summed E-state index contributed by atoms with van der Waals surface area (Å²) in [5.41, 5.74) is 0.744. The summed E-state index contributed by atoms with van der Waals surface area (Å²) < 4.78 is 59.9. The Morgan fingerprint density at radius 2 is 2.00 bits per heavy atom. The average Bonchev–Trinajstić information content (AvgIpc) is 3.23. The van der Waals surface area contributed by atoms with Crippen LogP contribution >= 0.6 is 0 Å². The van der Waals surface area contributed by atoms with Crippen LogP contribution in [0.3, 0.4) is 0 Å². The van der Waals surface area contributed by atoms with E-state index in [4.69, 9.17) is 4.74 Å². The molecule has 0 aliphatic carbocycles. The minimum atomic E-state index is -4.84. The third-order valence-electron chi connectivity index (χ3n) is 6.78. The van der Waals surface area contributed by atoms with Gasteiger partial charge in [0.2, 0.25) is 0 Å². The fourth-order valence-electron chi connectivity index (χ4n) is 4.81. The first-order valence-corrected chi connectivity index (χ1v) is 12.4. The normalized spacial score (nSPS) is 26.6. The molecule has 2 amide bonds. The Balaban J connectivity index is 1.64. The highest BCUT2D eigenvalue weighted by atomic mass is 19.4. The number of aliphatic hydroxyl groups is 1. The van der Waals surface area contributed by atoms with E-state index in [9.17, 15) is 33.1 Å². The van der Waals surface area contributed by atoms with Gasteiger partial charge in [0.1, 0.15) is 29.1 Å². The van der Waals surface area contributed by atoms with Crippen LogP contribution in [0.4, 0.5) is 28.0 Å². The molecule has 14 heteroatoms. The van der Waals surface area contributed by atoms with E-state index < -0.39 is 47.5 Å². The van der Waals surface area contributed by atoms with Gasteiger partial charge in [-0.25, -0.2) is 19.2 Å². The Bertz CT molecular complexity index is 1300. The molecule has 2 saturated heterocycles. The van der Waals surface area contributed by atoms with Gasteiger partial charge in [0.25, 0.3) is 5.91 Å². The number of aliphatic hydroxyl groups excluding tert-OH is 1. The van der Waals surface area contributed by atoms with Gasteiger partial charge >= 0.3 is 12.3 Å². The first-order valence-electron chi connectivity index (χ1n) is 12.4. The van der Waals surface area contributed by atoms with E-state index in [1.165, 1.54) is 34.3 Å². The zero-order valence-corrected chi connectivity index (χ0v) is 21.9. The molecule has 3 aliphatic rings. The van der Waals surface area contributed by atoms with Crippen molar-refractivity contribution in [1.29, 1.82) is 5.26 Å². The Kier molecular flexibility index (Phi) is 7.64. The number of aliphatic imine (C=N–C) groups is 2. The zero-order chi connectivity index (χ0) is 29.5. The van der Waals surface area contributed by atoms with Gasteiger partial charge in [-0.2, -0.15) is 18.4 Å². The van der Waals surface area contributed by atoms with E-state index in [0.717, 1.165) is 12.1 Å². The molecule has 0 radical (unpaired) electrons. The number of rotatable bonds is 4. The van der Waals surface area contributed by atoms with Crippen LogP contribution in [0.5, 0.6) is 0 Å². The highest BCUT2D eigenvalue weighted by Gasteiger charge is 2.55. The number of amides is 2. The van der Waals surface area contributed by atoms with Crippen LogP contribution in [0.1, 0.15) is 45.3 Å². The standard InChI is InChI=1S/C26H28F4N6O4/c1-24(2,3)40-23(39)35-13-10-25(9-11-31,18(27)14-35)36-17-8-12-32-22(38)19(17)21(34-36)33-16-6-4-15(5-7-16)20(37)26(28,29)30/h4-8,12,18-20,37H,9-10,13-14H2,1-3H3,(H,33,34)/t18-,19?,20+,25+/m1/s1. The molecule has 0 spiro atoms. The summed E-state index contributed by atoms with van der Waals surface area (Å²) in [6, 6.07) is 6.61. The minimum Gasteiger partial charge on any atom is -0.444 e. The summed E-state index contributed by atoms with van der Waals surface area (Å²) >= 11 is 0. The van der Waals surface area contributed by atoms with Gasteiger partial charge in [-0.05, 0) is 51.0 Å². The van der Waals surface area contributed by atoms with Gasteiger partial charge < -0.3 is 14.7 Å². The first kappa shape index (κ1) is 29.0. The van der Waals surface area contributed by atoms with Crippen LogP contribution in [0.2, 0.25) is 0 Å². The van der Waals surface area contributed by atoms with E-state index in [2.05, 4.69) is 15.4 Å². The maximum atomic E-state index is 16.0. The molecule has 40 heavy (non-hydrogen) atoms. The molecule has 0 saturated carbocycles. The average molecular weight is 565 g/mol. The monoisotopic (exact) mass is 564 g/mol. The van der Waals surface area contributed by atoms with Crippen molar-refractivity contribution >= 4 is 29.7 Å². The third-order valence-corrected chi connectivity index (χ3v) is 6.78. The van der Waals surface area contributed by atoms with Crippen molar-refractivity contribution < 1.29 is 37.0 Å². The molecule has 1 unspecified atom stereocenters. The van der Waals surface area contributed by atoms with Gasteiger partial charge in [-0.3, -0.25) is 15.2 Å². The SMILES string of the molecule is CC(C)(C)OC(=O)N1CC[C@](CC#N)(N2NC(=Nc3ccc([C@H](O)C(F)(F)F)cc3)C3C(=O)N=CC=C32)[C@H](F)C1. The van der Waals surface area contributed by atoms with Crippen LogP contribution < -0.4 is 5.43 Å². The molecule has 214 valence electrons. The summed E-state index contributed by atoms with van der Waals surface area (Å²) in [5.74, 6) is -1.64. The van der Waals surface area contributed by atoms with Crippen LogP contribution in [0.25, 0.3) is 0 Å². The predicted octanol–water partition coefficient (Wildman–Crippen LogP) is 3.87. The van der Waals surface area contributed by atoms with Crippen LogP contribution in [0.15, 0.2) is 46.0 Å². The number of hydrazine groups is 1. The minimum absolute atomic E-state index is 0.0146. The lowest BCUT2D eigenvalue weighted by molar-refractivity contribution is -0.206. The molecule has 3 aliphatic heterocycles. The van der Waals surface area contributed by atoms with Crippen LogP contribution in [0, 0.1) is 17.2 Å². The van der Waals surface area contributed by atoms with Gasteiger partial charge in [-0.15, -0.1) is 0 Å². The molecule has 4 atom stereocenters. The molecular weight excluding hydrogens is 536 g/mol. The van der Waals surface area contributed by atoms with E-state index in [1.807, 2.05) is 6.07 Å². The molecule has 3 heterocycles. The summed E-state index contributed by atoms with van der Waals surface area (Å²) in [4.78, 5) is 34.8. The molecule has 0 aromatic heterocycles. The number of nitrogens with one attached hydrogen (secondary N) is 1. The lowest BCUT2D eigenvalue weighted by atomic mass is 9.81. The van der Waals surface area contributed by atoms with Crippen molar-refractivity contribution in [2.45, 2.75) is 63.2 Å². The number of nitriles is 1. The number of piperidine rings is 1. The smallest absolute Gasteiger partial charge is 0.418 e. The van der Waals surface area contributed by atoms with E-state index in [0.29, 0.717) is 5.70 Å². The lowest BCUT2D eigenvalue weighted by Gasteiger charge is -2.49. The Hall–Kier alpha value is -3.99. The molecule has 4 rings (SSSR count). The van der Waals surface area contributed by atoms with Gasteiger partial charge in [0.15, 0.2) is 6.10 Å². The number of nitrogens with zero attached hydrogens (tertiary/aromatic N) is 5. The Morgan fingerprint density at radius 3 is 2.58 bits per heavy atom. The number of likely N-dealkylation sites (tertiary alicyclic amines) is 1. The maximum absolute atomic E-state index is 16.0. The number of halogens is 4. The molecular formula is C26H28F4N6O4. The van der Waals surface area contributed by atoms with E-state index >= 15 is 4.39 Å². The molecule has 10 nitrogen and oxygen atoms in total. The Morgan fingerprint density at radius 1 is 1.32 bits per heavy atom. The number of benzene rings is 1. The van der Waals surface area contributed by atoms with E-state index in [-0.39, 0.29) is 43.0 Å². The van der Waals surface area contributed by atoms with Crippen molar-refractivity contribution in [3.8, 4) is 6.07 Å². The highest BCUT2D eigenvalue weighted by Crippen LogP contribution is 2.42. The molecule has 1 aromatic carbocycles. The van der Waals surface area contributed by atoms with Crippen LogP contribution in [-0.4, -0.2) is 75.6 Å². The number of alkyl halides is 4. The summed E-state index contributed by atoms with van der Waals surface area (Å²) in [7, 11) is 0. The van der Waals surface area contributed by atoms with Gasteiger partial charge in [0, 0.05) is 12.8 Å². The quantitative estimate of drug-likeness (QED) is 0.531. The number of allylic oxidation sites excluding steroid dienone is 1. The van der Waals surface area contributed by atoms with Crippen molar-refractivity contribution in [1.82, 2.24) is 15.3 Å². The van der Waals surface area contributed by atoms with Crippen LogP contribution in [-0.2, 0) is 9.53 Å².